The van der Waals surface area contributed by atoms with Crippen molar-refractivity contribution in [2.24, 2.45) is 11.7 Å². The van der Waals surface area contributed by atoms with Crippen LogP contribution in [0.5, 0.6) is 0 Å². The number of benzene rings is 3. The molecule has 0 fully saturated rings. The Hall–Kier alpha value is -3.09. The van der Waals surface area contributed by atoms with E-state index in [9.17, 15) is 14.4 Å². The van der Waals surface area contributed by atoms with Gasteiger partial charge >= 0.3 is 6.03 Å². The Bertz CT molecular complexity index is 1180. The summed E-state index contributed by atoms with van der Waals surface area (Å²) in [4.78, 5) is 36.9. The molecule has 0 spiro atoms. The zero-order valence-electron chi connectivity index (χ0n) is 14.9. The number of halogens is 2. The molecule has 0 saturated carbocycles. The predicted molar refractivity (Wildman–Crippen MR) is 112 cm³/mol. The first kappa shape index (κ1) is 19.2. The third-order valence-corrected chi connectivity index (χ3v) is 5.73. The van der Waals surface area contributed by atoms with Crippen LogP contribution in [0.4, 0.5) is 10.5 Å². The second-order valence-electron chi connectivity index (χ2n) is 6.72. The second-order valence-corrected chi connectivity index (χ2v) is 7.53. The van der Waals surface area contributed by atoms with Gasteiger partial charge in [0.15, 0.2) is 0 Å². The number of amides is 4. The van der Waals surface area contributed by atoms with Gasteiger partial charge in [0.1, 0.15) is 5.92 Å². The van der Waals surface area contributed by atoms with E-state index in [-0.39, 0.29) is 0 Å². The van der Waals surface area contributed by atoms with Gasteiger partial charge < -0.3 is 11.1 Å². The summed E-state index contributed by atoms with van der Waals surface area (Å²) in [6.07, 6.45) is 0. The smallest absolute Gasteiger partial charge is 0.318 e. The molecule has 0 aromatic heterocycles. The van der Waals surface area contributed by atoms with Crippen molar-refractivity contribution in [2.45, 2.75) is 5.92 Å². The number of nitrogens with two attached hydrogens (primary N) is 1. The zero-order chi connectivity index (χ0) is 20.7. The lowest BCUT2D eigenvalue weighted by atomic mass is 9.75. The van der Waals surface area contributed by atoms with E-state index < -0.39 is 29.7 Å². The van der Waals surface area contributed by atoms with Gasteiger partial charge in [-0.05, 0) is 40.1 Å². The molecule has 1 heterocycles. The molecule has 1 aliphatic rings. The van der Waals surface area contributed by atoms with Crippen LogP contribution in [-0.4, -0.2) is 17.8 Å². The quantitative estimate of drug-likeness (QED) is 0.537. The van der Waals surface area contributed by atoms with Crippen molar-refractivity contribution in [1.82, 2.24) is 5.32 Å². The van der Waals surface area contributed by atoms with Gasteiger partial charge in [0.25, 0.3) is 0 Å². The Morgan fingerprint density at radius 2 is 1.76 bits per heavy atom. The first-order valence-electron chi connectivity index (χ1n) is 8.74. The van der Waals surface area contributed by atoms with Crippen molar-refractivity contribution in [3.63, 3.8) is 0 Å². The van der Waals surface area contributed by atoms with E-state index in [2.05, 4.69) is 5.32 Å². The summed E-state index contributed by atoms with van der Waals surface area (Å²) in [5, 5.41) is 7.27. The van der Waals surface area contributed by atoms with Gasteiger partial charge in [0.05, 0.1) is 10.0 Å². The summed E-state index contributed by atoms with van der Waals surface area (Å²) in [6, 6.07) is 15.3. The first-order chi connectivity index (χ1) is 13.9. The van der Waals surface area contributed by atoms with Crippen LogP contribution in [0.2, 0.25) is 10.0 Å². The van der Waals surface area contributed by atoms with Gasteiger partial charge in [0, 0.05) is 11.6 Å². The summed E-state index contributed by atoms with van der Waals surface area (Å²) in [5.74, 6) is -3.25. The summed E-state index contributed by atoms with van der Waals surface area (Å²) >= 11 is 12.3. The Kier molecular flexibility index (Phi) is 4.90. The van der Waals surface area contributed by atoms with Crippen LogP contribution in [0.25, 0.3) is 10.8 Å². The lowest BCUT2D eigenvalue weighted by Crippen LogP contribution is -2.47. The highest BCUT2D eigenvalue weighted by atomic mass is 35.5. The van der Waals surface area contributed by atoms with Crippen molar-refractivity contribution in [3.05, 3.63) is 75.8 Å². The number of carbonyl (C=O) groups is 3. The van der Waals surface area contributed by atoms with Crippen molar-refractivity contribution in [2.75, 3.05) is 5.32 Å². The molecule has 1 aliphatic heterocycles. The van der Waals surface area contributed by atoms with Crippen LogP contribution in [0.3, 0.4) is 0 Å². The van der Waals surface area contributed by atoms with E-state index in [1.807, 2.05) is 35.6 Å². The minimum atomic E-state index is -1.22. The summed E-state index contributed by atoms with van der Waals surface area (Å²) in [6.45, 7) is 0. The van der Waals surface area contributed by atoms with Crippen LogP contribution >= 0.6 is 23.2 Å². The van der Waals surface area contributed by atoms with Crippen LogP contribution < -0.4 is 16.4 Å². The van der Waals surface area contributed by atoms with Gasteiger partial charge in [-0.1, -0.05) is 59.6 Å². The van der Waals surface area contributed by atoms with E-state index >= 15 is 0 Å². The number of anilines is 1. The highest BCUT2D eigenvalue weighted by Gasteiger charge is 2.43. The molecule has 6 nitrogen and oxygen atoms in total. The number of imide groups is 1. The predicted octanol–water partition coefficient (Wildman–Crippen LogP) is 4.04. The van der Waals surface area contributed by atoms with Gasteiger partial charge in [-0.15, -0.1) is 0 Å². The molecule has 3 aromatic rings. The number of fused-ring (bicyclic) bond motifs is 3. The van der Waals surface area contributed by atoms with Crippen molar-refractivity contribution < 1.29 is 14.4 Å². The molecule has 2 atom stereocenters. The Morgan fingerprint density at radius 1 is 1.00 bits per heavy atom. The molecular weight excluding hydrogens is 413 g/mol. The maximum atomic E-state index is 12.9. The van der Waals surface area contributed by atoms with Crippen molar-refractivity contribution >= 4 is 57.5 Å². The molecule has 8 heteroatoms. The molecule has 0 saturated heterocycles. The monoisotopic (exact) mass is 427 g/mol. The largest absolute Gasteiger partial charge is 0.351 e. The maximum absolute atomic E-state index is 12.9. The Labute approximate surface area is 176 Å². The Balaban J connectivity index is 2.00. The molecule has 146 valence electrons. The van der Waals surface area contributed by atoms with Crippen molar-refractivity contribution in [3.8, 4) is 0 Å². The normalized spacial score (nSPS) is 18.1. The van der Waals surface area contributed by atoms with Crippen LogP contribution in [0, 0.1) is 5.92 Å². The van der Waals surface area contributed by atoms with E-state index in [0.29, 0.717) is 21.3 Å². The number of nitrogens with one attached hydrogen (secondary N) is 2. The molecule has 0 radical (unpaired) electrons. The van der Waals surface area contributed by atoms with E-state index in [4.69, 9.17) is 28.9 Å². The van der Waals surface area contributed by atoms with Gasteiger partial charge in [-0.2, -0.15) is 0 Å². The zero-order valence-corrected chi connectivity index (χ0v) is 16.4. The van der Waals surface area contributed by atoms with Gasteiger partial charge in [-0.3, -0.25) is 14.9 Å². The van der Waals surface area contributed by atoms with Crippen LogP contribution in [-0.2, 0) is 9.59 Å². The Morgan fingerprint density at radius 3 is 2.48 bits per heavy atom. The highest BCUT2D eigenvalue weighted by Crippen LogP contribution is 2.45. The third kappa shape index (κ3) is 3.41. The molecule has 0 bridgehead atoms. The molecule has 4 rings (SSSR count). The average molecular weight is 428 g/mol. The van der Waals surface area contributed by atoms with Gasteiger partial charge in [0.2, 0.25) is 11.8 Å². The number of hydrogen-bond donors (Lipinski definition) is 3. The van der Waals surface area contributed by atoms with E-state index in [0.717, 1.165) is 16.3 Å². The number of carbonyl (C=O) groups excluding carboxylic acids is 3. The van der Waals surface area contributed by atoms with E-state index in [1.165, 1.54) is 0 Å². The minimum Gasteiger partial charge on any atom is -0.351 e. The molecule has 4 amide bonds. The lowest BCUT2D eigenvalue weighted by molar-refractivity contribution is -0.132. The summed E-state index contributed by atoms with van der Waals surface area (Å²) in [7, 11) is 0. The molecule has 3 aromatic carbocycles. The number of rotatable bonds is 2. The fraction of sp³-hybridized carbons (Fsp3) is 0.0952. The standard InChI is InChI=1S/C21H15Cl2N3O3/c22-13-7-5-11(9-14(13)23)16-17-12-4-2-1-3-10(12)6-8-15(17)25-19(27)18(16)20(28)26-21(24)29/h1-9,16,18H,(H,25,27)(H3,24,26,28,29). The average Bonchev–Trinajstić information content (AvgIpc) is 2.68. The molecule has 2 unspecified atom stereocenters. The maximum Gasteiger partial charge on any atom is 0.318 e. The number of hydrogen-bond acceptors (Lipinski definition) is 3. The first-order valence-corrected chi connectivity index (χ1v) is 9.50. The van der Waals surface area contributed by atoms with E-state index in [1.54, 1.807) is 24.3 Å². The molecule has 4 N–H and O–H groups in total. The number of primary amides is 1. The third-order valence-electron chi connectivity index (χ3n) is 4.99. The van der Waals surface area contributed by atoms with Crippen LogP contribution in [0.15, 0.2) is 54.6 Å². The number of urea groups is 1. The molecular formula is C21H15Cl2N3O3. The van der Waals surface area contributed by atoms with Gasteiger partial charge in [-0.25, -0.2) is 4.79 Å². The lowest BCUT2D eigenvalue weighted by Gasteiger charge is -2.33. The fourth-order valence-electron chi connectivity index (χ4n) is 3.80. The fourth-order valence-corrected chi connectivity index (χ4v) is 4.11. The van der Waals surface area contributed by atoms with Crippen LogP contribution in [0.1, 0.15) is 17.0 Å². The van der Waals surface area contributed by atoms with Crippen molar-refractivity contribution in [1.29, 1.82) is 0 Å². The minimum absolute atomic E-state index is 0.297. The topological polar surface area (TPSA) is 101 Å². The molecule has 0 aliphatic carbocycles. The second kappa shape index (κ2) is 7.39. The molecule has 29 heavy (non-hydrogen) atoms. The summed E-state index contributed by atoms with van der Waals surface area (Å²) in [5.41, 5.74) is 7.09. The summed E-state index contributed by atoms with van der Waals surface area (Å²) < 4.78 is 0. The SMILES string of the molecule is NC(=O)NC(=O)C1C(=O)Nc2ccc3ccccc3c2C1c1ccc(Cl)c(Cl)c1. The highest BCUT2D eigenvalue weighted by molar-refractivity contribution is 6.42.